The number of likely N-dealkylation sites (tertiary alicyclic amines) is 1. The van der Waals surface area contributed by atoms with E-state index in [9.17, 15) is 19.8 Å². The summed E-state index contributed by atoms with van der Waals surface area (Å²) in [6.07, 6.45) is 0. The van der Waals surface area contributed by atoms with Crippen LogP contribution in [0.1, 0.15) is 28.3 Å². The molecule has 0 saturated carbocycles. The van der Waals surface area contributed by atoms with Crippen molar-refractivity contribution in [1.82, 2.24) is 9.80 Å². The van der Waals surface area contributed by atoms with Crippen molar-refractivity contribution in [2.75, 3.05) is 27.2 Å². The van der Waals surface area contributed by atoms with E-state index in [1.54, 1.807) is 36.4 Å². The second-order valence-electron chi connectivity index (χ2n) is 9.19. The molecule has 36 heavy (non-hydrogen) atoms. The molecule has 1 amide bonds. The molecule has 3 aromatic rings. The van der Waals surface area contributed by atoms with E-state index >= 15 is 0 Å². The molecule has 1 unspecified atom stereocenters. The van der Waals surface area contributed by atoms with Gasteiger partial charge in [-0.2, -0.15) is 0 Å². The van der Waals surface area contributed by atoms with Crippen LogP contribution < -0.4 is 4.74 Å². The molecule has 1 saturated heterocycles. The van der Waals surface area contributed by atoms with Crippen LogP contribution in [0.4, 0.5) is 0 Å². The van der Waals surface area contributed by atoms with Crippen molar-refractivity contribution in [3.63, 3.8) is 0 Å². The fourth-order valence-corrected chi connectivity index (χ4v) is 4.25. The van der Waals surface area contributed by atoms with E-state index in [0.717, 1.165) is 11.1 Å². The van der Waals surface area contributed by atoms with Gasteiger partial charge in [0, 0.05) is 18.7 Å². The van der Waals surface area contributed by atoms with Crippen molar-refractivity contribution >= 4 is 17.4 Å². The van der Waals surface area contributed by atoms with Gasteiger partial charge >= 0.3 is 0 Å². The molecule has 1 atom stereocenters. The second-order valence-corrected chi connectivity index (χ2v) is 9.19. The van der Waals surface area contributed by atoms with Gasteiger partial charge in [-0.15, -0.1) is 0 Å². The first kappa shape index (κ1) is 25.0. The normalized spacial score (nSPS) is 17.1. The molecular weight excluding hydrogens is 456 g/mol. The largest absolute Gasteiger partial charge is 0.508 e. The van der Waals surface area contributed by atoms with E-state index in [4.69, 9.17) is 4.74 Å². The van der Waals surface area contributed by atoms with Crippen molar-refractivity contribution in [3.05, 3.63) is 101 Å². The molecule has 0 spiro atoms. The number of aliphatic hydroxyl groups excluding tert-OH is 1. The van der Waals surface area contributed by atoms with E-state index in [1.807, 2.05) is 44.1 Å². The van der Waals surface area contributed by atoms with E-state index in [-0.39, 0.29) is 17.1 Å². The number of phenolic OH excluding ortho intramolecular Hbond substituents is 1. The Hall–Kier alpha value is -4.10. The lowest BCUT2D eigenvalue weighted by Crippen LogP contribution is -2.35. The third-order valence-corrected chi connectivity index (χ3v) is 6.15. The van der Waals surface area contributed by atoms with Gasteiger partial charge in [0.25, 0.3) is 11.7 Å². The SMILES string of the molecule is Cc1cccc(COc2ccc(/C(O)=C3\C(=O)C(=O)N(CCN(C)C)C3c3ccc(O)cc3)cc2)c1. The molecular formula is C29H30N2O5. The van der Waals surface area contributed by atoms with Gasteiger partial charge in [0.15, 0.2) is 0 Å². The van der Waals surface area contributed by atoms with Crippen molar-refractivity contribution in [3.8, 4) is 11.5 Å². The van der Waals surface area contributed by atoms with E-state index < -0.39 is 17.7 Å². The lowest BCUT2D eigenvalue weighted by Gasteiger charge is -2.26. The number of Topliss-reactive ketones (excluding diaryl/α,β-unsaturated/α-hetero) is 1. The van der Waals surface area contributed by atoms with Crippen LogP contribution in [-0.4, -0.2) is 58.9 Å². The van der Waals surface area contributed by atoms with Crippen LogP contribution in [0.3, 0.4) is 0 Å². The molecule has 1 heterocycles. The fraction of sp³-hybridized carbons (Fsp3) is 0.241. The number of likely N-dealkylation sites (N-methyl/N-ethyl adjacent to an activating group) is 1. The van der Waals surface area contributed by atoms with Crippen LogP contribution in [-0.2, 0) is 16.2 Å². The van der Waals surface area contributed by atoms with Crippen LogP contribution in [0.5, 0.6) is 11.5 Å². The average Bonchev–Trinajstić information content (AvgIpc) is 3.11. The fourth-order valence-electron chi connectivity index (χ4n) is 4.25. The maximum absolute atomic E-state index is 13.1. The summed E-state index contributed by atoms with van der Waals surface area (Å²) in [6.45, 7) is 3.29. The molecule has 1 fully saturated rings. The Labute approximate surface area is 210 Å². The summed E-state index contributed by atoms with van der Waals surface area (Å²) in [5, 5.41) is 20.9. The minimum absolute atomic E-state index is 0.0258. The van der Waals surface area contributed by atoms with Crippen LogP contribution in [0.25, 0.3) is 5.76 Å². The first-order valence-corrected chi connectivity index (χ1v) is 11.8. The lowest BCUT2D eigenvalue weighted by molar-refractivity contribution is -0.140. The molecule has 4 rings (SSSR count). The van der Waals surface area contributed by atoms with Crippen LogP contribution in [0.2, 0.25) is 0 Å². The highest BCUT2D eigenvalue weighted by molar-refractivity contribution is 6.46. The third kappa shape index (κ3) is 5.42. The first-order valence-electron chi connectivity index (χ1n) is 11.8. The highest BCUT2D eigenvalue weighted by Gasteiger charge is 2.45. The molecule has 1 aliphatic heterocycles. The zero-order valence-corrected chi connectivity index (χ0v) is 20.6. The zero-order chi connectivity index (χ0) is 25.8. The Balaban J connectivity index is 1.64. The number of phenols is 1. The number of nitrogens with zero attached hydrogens (tertiary/aromatic N) is 2. The predicted octanol–water partition coefficient (Wildman–Crippen LogP) is 4.26. The molecule has 186 valence electrons. The number of ketones is 1. The molecule has 0 aliphatic carbocycles. The van der Waals surface area contributed by atoms with Crippen LogP contribution in [0, 0.1) is 6.92 Å². The van der Waals surface area contributed by atoms with Gasteiger partial charge in [-0.05, 0) is 68.5 Å². The molecule has 2 N–H and O–H groups in total. The summed E-state index contributed by atoms with van der Waals surface area (Å²) < 4.78 is 5.86. The summed E-state index contributed by atoms with van der Waals surface area (Å²) in [5.41, 5.74) is 3.27. The Morgan fingerprint density at radius 2 is 1.69 bits per heavy atom. The maximum atomic E-state index is 13.1. The number of aromatic hydroxyl groups is 1. The smallest absolute Gasteiger partial charge is 0.295 e. The molecule has 3 aromatic carbocycles. The summed E-state index contributed by atoms with van der Waals surface area (Å²) in [4.78, 5) is 29.4. The Morgan fingerprint density at radius 1 is 1.00 bits per heavy atom. The number of rotatable bonds is 8. The molecule has 0 aromatic heterocycles. The van der Waals surface area contributed by atoms with Crippen molar-refractivity contribution < 1.29 is 24.5 Å². The number of hydrogen-bond donors (Lipinski definition) is 2. The van der Waals surface area contributed by atoms with Crippen LogP contribution in [0.15, 0.2) is 78.4 Å². The minimum atomic E-state index is -0.761. The van der Waals surface area contributed by atoms with Gasteiger partial charge in [-0.1, -0.05) is 42.0 Å². The van der Waals surface area contributed by atoms with Gasteiger partial charge in [0.2, 0.25) is 0 Å². The monoisotopic (exact) mass is 486 g/mol. The maximum Gasteiger partial charge on any atom is 0.295 e. The van der Waals surface area contributed by atoms with Gasteiger partial charge in [0.05, 0.1) is 11.6 Å². The molecule has 0 radical (unpaired) electrons. The number of ether oxygens (including phenoxy) is 1. The minimum Gasteiger partial charge on any atom is -0.508 e. The number of aryl methyl sites for hydroxylation is 1. The van der Waals surface area contributed by atoms with Crippen LogP contribution >= 0.6 is 0 Å². The number of amides is 1. The summed E-state index contributed by atoms with van der Waals surface area (Å²) in [5.74, 6) is -0.942. The third-order valence-electron chi connectivity index (χ3n) is 6.15. The Bertz CT molecular complexity index is 1280. The van der Waals surface area contributed by atoms with Crippen molar-refractivity contribution in [2.45, 2.75) is 19.6 Å². The lowest BCUT2D eigenvalue weighted by atomic mass is 9.95. The van der Waals surface area contributed by atoms with Gasteiger partial charge in [-0.3, -0.25) is 9.59 Å². The van der Waals surface area contributed by atoms with Gasteiger partial charge < -0.3 is 24.7 Å². The first-order chi connectivity index (χ1) is 17.2. The quantitative estimate of drug-likeness (QED) is 0.281. The second kappa shape index (κ2) is 10.7. The Morgan fingerprint density at radius 3 is 2.33 bits per heavy atom. The Kier molecular flexibility index (Phi) is 7.41. The summed E-state index contributed by atoms with van der Waals surface area (Å²) in [6, 6.07) is 20.4. The molecule has 1 aliphatic rings. The number of aliphatic hydroxyl groups is 1. The molecule has 7 nitrogen and oxygen atoms in total. The standard InChI is InChI=1S/C29H30N2O5/c1-19-5-4-6-20(17-19)18-36-24-13-9-22(10-14-24)27(33)25-26(21-7-11-23(32)12-8-21)31(16-15-30(2)3)29(35)28(25)34/h4-14,17,26,32-33H,15-16,18H2,1-3H3/b27-25+. The zero-order valence-electron chi connectivity index (χ0n) is 20.6. The predicted molar refractivity (Wildman–Crippen MR) is 138 cm³/mol. The molecule has 7 heteroatoms. The summed E-state index contributed by atoms with van der Waals surface area (Å²) in [7, 11) is 3.77. The van der Waals surface area contributed by atoms with E-state index in [0.29, 0.717) is 36.6 Å². The number of hydrogen-bond acceptors (Lipinski definition) is 6. The van der Waals surface area contributed by atoms with E-state index in [2.05, 4.69) is 6.07 Å². The van der Waals surface area contributed by atoms with E-state index in [1.165, 1.54) is 17.0 Å². The van der Waals surface area contributed by atoms with Gasteiger partial charge in [0.1, 0.15) is 23.9 Å². The molecule has 0 bridgehead atoms. The average molecular weight is 487 g/mol. The number of benzene rings is 3. The highest BCUT2D eigenvalue weighted by Crippen LogP contribution is 2.39. The number of carbonyl (C=O) groups excluding carboxylic acids is 2. The highest BCUT2D eigenvalue weighted by atomic mass is 16.5. The van der Waals surface area contributed by atoms with Crippen molar-refractivity contribution in [1.29, 1.82) is 0 Å². The number of carbonyl (C=O) groups is 2. The van der Waals surface area contributed by atoms with Gasteiger partial charge in [-0.25, -0.2) is 0 Å². The summed E-state index contributed by atoms with van der Waals surface area (Å²) >= 11 is 0. The van der Waals surface area contributed by atoms with Crippen molar-refractivity contribution in [2.24, 2.45) is 0 Å². The topological polar surface area (TPSA) is 90.3 Å².